The van der Waals surface area contributed by atoms with E-state index in [0.29, 0.717) is 39.6 Å². The van der Waals surface area contributed by atoms with Gasteiger partial charge in [-0.1, -0.05) is 55.2 Å². The molecule has 3 saturated heterocycles. The lowest BCUT2D eigenvalue weighted by molar-refractivity contribution is -0.142. The lowest BCUT2D eigenvalue weighted by Gasteiger charge is -2.30. The van der Waals surface area contributed by atoms with Crippen LogP contribution in [0.5, 0.6) is 11.8 Å². The third kappa shape index (κ3) is 9.92. The van der Waals surface area contributed by atoms with Crippen LogP contribution in [0, 0.1) is 30.5 Å². The Bertz CT molecular complexity index is 3610. The molecule has 2 amide bonds. The Morgan fingerprint density at radius 3 is 2.60 bits per heavy atom. The van der Waals surface area contributed by atoms with Crippen molar-refractivity contribution in [1.82, 2.24) is 55.7 Å². The number of hydrogen-bond acceptors (Lipinski definition) is 17. The number of aromatic amines is 1. The van der Waals surface area contributed by atoms with E-state index >= 15 is 4.39 Å². The van der Waals surface area contributed by atoms with Crippen LogP contribution < -0.4 is 25.0 Å². The number of hydrogen-bond donors (Lipinski definition) is 5. The van der Waals surface area contributed by atoms with Crippen LogP contribution in [0.15, 0.2) is 60.4 Å². The molecule has 8 aromatic rings. The number of thiazole rings is 1. The lowest BCUT2D eigenvalue weighted by Crippen LogP contribution is -2.51. The van der Waals surface area contributed by atoms with Gasteiger partial charge in [-0.3, -0.25) is 14.7 Å². The standard InChI is InChI=1S/C56H59FN12O7S2/c1-28(2)50(55(73)68-22-37(71)15-45(68)53(72)61-34(24-70)12-13-38-16-46-54(78-38)59-27-77-46)69-23-44(65-66-69)33-8-6-31(7-9-33)26-75-51-48(47-30(4)42(57)18-43-41(47)20-60-64-43)39(32-10-11-32)17-40-49(51)62-56(76-25-29(3)74-5)63-52(40)67-21-35-14-36(67)19-58-35/h6-9,16-18,20,23,27-29,32,34-37,45,50,58,70-71H,10-11,14-15,19,21-22,24-26H2,1-5H3,(H,60,64)(H,61,72)/t29-,34+,35-,36-,37+,45-,50-/m0/s1. The highest BCUT2D eigenvalue weighted by Gasteiger charge is 2.44. The summed E-state index contributed by atoms with van der Waals surface area (Å²) in [6, 6.07) is 11.4. The number of ether oxygens (including phenoxy) is 3. The molecule has 78 heavy (non-hydrogen) atoms. The van der Waals surface area contributed by atoms with Crippen molar-refractivity contribution in [2.75, 3.05) is 44.9 Å². The minimum atomic E-state index is -0.999. The fraction of sp³-hybridized carbons (Fsp3) is 0.429. The number of carbonyl (C=O) groups excluding carboxylic acids is 2. The van der Waals surface area contributed by atoms with Gasteiger partial charge in [0.25, 0.3) is 0 Å². The number of β-amino-alcohol motifs (C(OH)–C–C–N with tert-alkyl or cyclic N) is 1. The molecule has 1 aliphatic carbocycles. The van der Waals surface area contributed by atoms with Crippen LogP contribution in [-0.2, 0) is 20.9 Å². The number of nitrogens with one attached hydrogen (secondary N) is 3. The zero-order valence-electron chi connectivity index (χ0n) is 43.7. The van der Waals surface area contributed by atoms with Crippen molar-refractivity contribution >= 4 is 71.6 Å². The third-order valence-corrected chi connectivity index (χ3v) is 17.3. The van der Waals surface area contributed by atoms with E-state index in [1.165, 1.54) is 38.3 Å². The molecule has 1 saturated carbocycles. The average Bonchev–Trinajstić information content (AvgIpc) is 4.34. The molecular formula is C56H59FN12O7S2. The number of methoxy groups -OCH3 is 1. The minimum absolute atomic E-state index is 0.0253. The molecule has 2 bridgehead atoms. The van der Waals surface area contributed by atoms with E-state index in [-0.39, 0.29) is 62.0 Å². The summed E-state index contributed by atoms with van der Waals surface area (Å²) in [6.45, 7) is 8.98. The summed E-state index contributed by atoms with van der Waals surface area (Å²) in [5.41, 5.74) is 7.96. The Labute approximate surface area is 456 Å². The van der Waals surface area contributed by atoms with E-state index in [1.807, 2.05) is 51.1 Å². The molecule has 22 heteroatoms. The van der Waals surface area contributed by atoms with Crippen molar-refractivity contribution in [3.63, 3.8) is 0 Å². The summed E-state index contributed by atoms with van der Waals surface area (Å²) in [5, 5.41) is 45.3. The summed E-state index contributed by atoms with van der Waals surface area (Å²) >= 11 is 2.93. The molecule has 0 radical (unpaired) electrons. The third-order valence-electron chi connectivity index (χ3n) is 15.4. The van der Waals surface area contributed by atoms with Crippen LogP contribution in [0.25, 0.3) is 53.7 Å². The molecule has 4 aliphatic rings. The number of halogens is 1. The van der Waals surface area contributed by atoms with Crippen molar-refractivity contribution in [3.05, 3.63) is 87.8 Å². The highest BCUT2D eigenvalue weighted by Crippen LogP contribution is 2.53. The summed E-state index contributed by atoms with van der Waals surface area (Å²) < 4.78 is 37.5. The van der Waals surface area contributed by atoms with Gasteiger partial charge in [-0.25, -0.2) is 14.1 Å². The highest BCUT2D eigenvalue weighted by atomic mass is 32.1. The number of anilines is 1. The van der Waals surface area contributed by atoms with Crippen LogP contribution in [-0.4, -0.2) is 143 Å². The first-order valence-corrected chi connectivity index (χ1v) is 28.1. The topological polar surface area (TPSA) is 231 Å². The number of rotatable bonds is 17. The Balaban J connectivity index is 0.830. The van der Waals surface area contributed by atoms with Crippen LogP contribution in [0.3, 0.4) is 0 Å². The zero-order valence-corrected chi connectivity index (χ0v) is 45.3. The number of likely N-dealkylation sites (tertiary alicyclic amines) is 1. The highest BCUT2D eigenvalue weighted by molar-refractivity contribution is 7.26. The van der Waals surface area contributed by atoms with Crippen LogP contribution in [0.1, 0.15) is 80.0 Å². The second-order valence-corrected chi connectivity index (χ2v) is 23.1. The van der Waals surface area contributed by atoms with E-state index in [2.05, 4.69) is 58.9 Å². The van der Waals surface area contributed by atoms with Gasteiger partial charge in [0, 0.05) is 72.7 Å². The number of aliphatic hydroxyl groups is 2. The first kappa shape index (κ1) is 51.6. The van der Waals surface area contributed by atoms with E-state index < -0.39 is 42.7 Å². The summed E-state index contributed by atoms with van der Waals surface area (Å²) in [5.74, 6) is 5.88. The Morgan fingerprint density at radius 1 is 1.04 bits per heavy atom. The van der Waals surface area contributed by atoms with E-state index in [4.69, 9.17) is 24.2 Å². The van der Waals surface area contributed by atoms with Crippen LogP contribution in [0.4, 0.5) is 10.2 Å². The zero-order chi connectivity index (χ0) is 53.9. The maximum atomic E-state index is 16.1. The minimum Gasteiger partial charge on any atom is -0.486 e. The first-order chi connectivity index (χ1) is 37.8. The number of fused-ring (bicyclic) bond motifs is 5. The molecule has 404 valence electrons. The van der Waals surface area contributed by atoms with Crippen molar-refractivity contribution in [1.29, 1.82) is 0 Å². The van der Waals surface area contributed by atoms with E-state index in [1.54, 1.807) is 31.9 Å². The van der Waals surface area contributed by atoms with Gasteiger partial charge < -0.3 is 44.9 Å². The van der Waals surface area contributed by atoms with Crippen molar-refractivity contribution in [3.8, 4) is 46.0 Å². The average molecular weight is 1100 g/mol. The fourth-order valence-electron chi connectivity index (χ4n) is 11.1. The number of piperazine rings is 1. The summed E-state index contributed by atoms with van der Waals surface area (Å²) in [7, 11) is 1.63. The Hall–Kier alpha value is -7.13. The van der Waals surface area contributed by atoms with Crippen molar-refractivity contribution < 1.29 is 38.4 Å². The normalized spacial score (nSPS) is 20.2. The summed E-state index contributed by atoms with van der Waals surface area (Å²) in [6.07, 6.45) is 5.27. The Morgan fingerprint density at radius 2 is 1.87 bits per heavy atom. The van der Waals surface area contributed by atoms with Gasteiger partial charge in [0.1, 0.15) is 59.0 Å². The number of amides is 2. The van der Waals surface area contributed by atoms with Gasteiger partial charge in [0.2, 0.25) is 11.8 Å². The Kier molecular flexibility index (Phi) is 14.1. The van der Waals surface area contributed by atoms with Gasteiger partial charge >= 0.3 is 6.01 Å². The molecule has 12 rings (SSSR count). The second-order valence-electron chi connectivity index (χ2n) is 21.2. The molecule has 3 aliphatic heterocycles. The second kappa shape index (κ2) is 21.3. The quantitative estimate of drug-likeness (QED) is 0.0601. The molecule has 0 spiro atoms. The van der Waals surface area contributed by atoms with Crippen LogP contribution >= 0.6 is 22.7 Å². The fourth-order valence-corrected chi connectivity index (χ4v) is 12.9. The maximum absolute atomic E-state index is 16.1. The summed E-state index contributed by atoms with van der Waals surface area (Å²) in [4.78, 5) is 48.2. The number of carbonyl (C=O) groups is 2. The molecule has 5 N–H and O–H groups in total. The smallest absolute Gasteiger partial charge is 0.319 e. The number of H-pyrrole nitrogens is 1. The van der Waals surface area contributed by atoms with Gasteiger partial charge in [0.15, 0.2) is 5.75 Å². The van der Waals surface area contributed by atoms with Crippen molar-refractivity contribution in [2.24, 2.45) is 5.92 Å². The molecule has 4 fully saturated rings. The number of nitrogens with zero attached hydrogens (tertiary/aromatic N) is 9. The van der Waals surface area contributed by atoms with Crippen molar-refractivity contribution in [2.45, 2.75) is 108 Å². The van der Waals surface area contributed by atoms with Gasteiger partial charge in [-0.05, 0) is 79.8 Å². The number of aromatic nitrogens is 8. The molecule has 19 nitrogen and oxygen atoms in total. The lowest BCUT2D eigenvalue weighted by atomic mass is 9.88. The predicted molar refractivity (Wildman–Crippen MR) is 294 cm³/mol. The largest absolute Gasteiger partial charge is 0.486 e. The molecule has 7 atom stereocenters. The molecule has 5 aromatic heterocycles. The number of benzene rings is 3. The number of thiophene rings is 1. The SMILES string of the molecule is CO[C@@H](C)COc1nc(N2C[C@@H]3C[C@H]2CN3)c2cc(C3CC3)c(-c3c(C)c(F)cc4[nH]ncc34)c(OCc3ccc(-c4cn([C@H](C(=O)N5C[C@H](O)C[C@H]5C(=O)N[C@H](C#Cc5cc6scnc6s5)CO)C(C)C)nn4)cc3)c2n1. The maximum Gasteiger partial charge on any atom is 0.319 e. The molecular weight excluding hydrogens is 1040 g/mol. The van der Waals surface area contributed by atoms with E-state index in [0.717, 1.165) is 85.6 Å². The first-order valence-electron chi connectivity index (χ1n) is 26.4. The predicted octanol–water partition coefficient (Wildman–Crippen LogP) is 6.66. The van der Waals surface area contributed by atoms with Gasteiger partial charge in [0.05, 0.1) is 51.8 Å². The molecule has 0 unspecified atom stereocenters. The monoisotopic (exact) mass is 1090 g/mol. The molecule has 3 aromatic carbocycles. The number of aliphatic hydroxyl groups excluding tert-OH is 2. The van der Waals surface area contributed by atoms with Crippen LogP contribution in [0.2, 0.25) is 0 Å². The van der Waals surface area contributed by atoms with E-state index in [9.17, 15) is 19.8 Å². The molecule has 8 heterocycles. The van der Waals surface area contributed by atoms with Gasteiger partial charge in [-0.2, -0.15) is 15.1 Å². The van der Waals surface area contributed by atoms with Gasteiger partial charge in [-0.15, -0.1) is 27.8 Å².